The summed E-state index contributed by atoms with van der Waals surface area (Å²) in [6, 6.07) is 5.89. The van der Waals surface area contributed by atoms with E-state index in [1.807, 2.05) is 6.07 Å². The topological polar surface area (TPSA) is 20.2 Å². The summed E-state index contributed by atoms with van der Waals surface area (Å²) >= 11 is 0. The predicted molar refractivity (Wildman–Crippen MR) is 42.7 cm³/mol. The van der Waals surface area contributed by atoms with Gasteiger partial charge in [-0.05, 0) is 36.3 Å². The number of rotatable bonds is 0. The first-order valence-corrected chi connectivity index (χ1v) is 4.17. The second kappa shape index (κ2) is 1.60. The van der Waals surface area contributed by atoms with Crippen LogP contribution in [-0.4, -0.2) is 5.11 Å². The number of benzene rings is 1. The van der Waals surface area contributed by atoms with Crippen LogP contribution in [0.5, 0.6) is 5.75 Å². The molecule has 1 nitrogen and oxygen atoms in total. The lowest BCUT2D eigenvalue weighted by Crippen LogP contribution is -1.85. The maximum atomic E-state index is 9.53. The van der Waals surface area contributed by atoms with Crippen LogP contribution in [0.3, 0.4) is 0 Å². The first-order chi connectivity index (χ1) is 5.36. The van der Waals surface area contributed by atoms with Crippen molar-refractivity contribution in [3.63, 3.8) is 0 Å². The maximum absolute atomic E-state index is 9.53. The number of aromatic hydroxyl groups is 1. The van der Waals surface area contributed by atoms with Crippen LogP contribution in [0.25, 0.3) is 0 Å². The molecule has 2 atom stereocenters. The SMILES string of the molecule is Oc1cccc2c1C1CC1C2. The van der Waals surface area contributed by atoms with E-state index < -0.39 is 0 Å². The molecule has 1 saturated carbocycles. The van der Waals surface area contributed by atoms with Crippen LogP contribution in [0.15, 0.2) is 18.2 Å². The van der Waals surface area contributed by atoms with E-state index in [1.54, 1.807) is 6.07 Å². The van der Waals surface area contributed by atoms with E-state index in [1.165, 1.54) is 24.0 Å². The maximum Gasteiger partial charge on any atom is 0.119 e. The van der Waals surface area contributed by atoms with Gasteiger partial charge in [0.15, 0.2) is 0 Å². The Balaban J connectivity index is 2.25. The van der Waals surface area contributed by atoms with Crippen molar-refractivity contribution in [3.8, 4) is 5.75 Å². The molecule has 0 aromatic heterocycles. The van der Waals surface area contributed by atoms with Gasteiger partial charge in [0.2, 0.25) is 0 Å². The zero-order chi connectivity index (χ0) is 7.42. The van der Waals surface area contributed by atoms with Crippen LogP contribution in [0.2, 0.25) is 0 Å². The molecular formula is C10H10O. The Morgan fingerprint density at radius 2 is 2.27 bits per heavy atom. The molecule has 1 aromatic carbocycles. The zero-order valence-corrected chi connectivity index (χ0v) is 6.25. The summed E-state index contributed by atoms with van der Waals surface area (Å²) in [5.74, 6) is 2.11. The van der Waals surface area contributed by atoms with Crippen molar-refractivity contribution in [3.05, 3.63) is 29.3 Å². The minimum Gasteiger partial charge on any atom is -0.508 e. The highest BCUT2D eigenvalue weighted by molar-refractivity contribution is 5.49. The monoisotopic (exact) mass is 146 g/mol. The van der Waals surface area contributed by atoms with E-state index in [9.17, 15) is 5.11 Å². The van der Waals surface area contributed by atoms with Crippen molar-refractivity contribution in [2.24, 2.45) is 5.92 Å². The molecule has 0 aliphatic heterocycles. The third-order valence-electron chi connectivity index (χ3n) is 2.95. The zero-order valence-electron chi connectivity index (χ0n) is 6.25. The van der Waals surface area contributed by atoms with Crippen LogP contribution in [0.1, 0.15) is 23.5 Å². The Bertz CT molecular complexity index is 317. The van der Waals surface area contributed by atoms with E-state index in [4.69, 9.17) is 0 Å². The van der Waals surface area contributed by atoms with E-state index in [-0.39, 0.29) is 0 Å². The first-order valence-electron chi connectivity index (χ1n) is 4.17. The van der Waals surface area contributed by atoms with Gasteiger partial charge in [-0.1, -0.05) is 12.1 Å². The highest BCUT2D eigenvalue weighted by atomic mass is 16.3. The molecule has 0 radical (unpaired) electrons. The minimum atomic E-state index is 0.521. The lowest BCUT2D eigenvalue weighted by molar-refractivity contribution is 0.468. The van der Waals surface area contributed by atoms with Crippen LogP contribution < -0.4 is 0 Å². The standard InChI is InChI=1S/C10H10O/c11-9-3-1-2-6-4-7-5-8(7)10(6)9/h1-3,7-8,11H,4-5H2. The predicted octanol–water partition coefficient (Wildman–Crippen LogP) is 2.05. The van der Waals surface area contributed by atoms with Gasteiger partial charge >= 0.3 is 0 Å². The fourth-order valence-corrected chi connectivity index (χ4v) is 2.31. The molecule has 0 amide bonds. The molecule has 1 aromatic rings. The molecule has 56 valence electrons. The van der Waals surface area contributed by atoms with E-state index in [0.717, 1.165) is 5.92 Å². The fraction of sp³-hybridized carbons (Fsp3) is 0.400. The van der Waals surface area contributed by atoms with Crippen molar-refractivity contribution in [2.45, 2.75) is 18.8 Å². The highest BCUT2D eigenvalue weighted by Gasteiger charge is 2.46. The van der Waals surface area contributed by atoms with E-state index in [0.29, 0.717) is 11.7 Å². The van der Waals surface area contributed by atoms with Crippen LogP contribution in [0, 0.1) is 5.92 Å². The number of fused-ring (bicyclic) bond motifs is 3. The smallest absolute Gasteiger partial charge is 0.119 e. The van der Waals surface area contributed by atoms with Crippen molar-refractivity contribution >= 4 is 0 Å². The fourth-order valence-electron chi connectivity index (χ4n) is 2.31. The summed E-state index contributed by atoms with van der Waals surface area (Å²) in [5.41, 5.74) is 2.63. The normalized spacial score (nSPS) is 31.3. The second-order valence-electron chi connectivity index (χ2n) is 3.66. The third kappa shape index (κ3) is 0.609. The number of phenolic OH excluding ortho intramolecular Hbond substituents is 1. The molecule has 0 bridgehead atoms. The van der Waals surface area contributed by atoms with Crippen molar-refractivity contribution in [1.82, 2.24) is 0 Å². The van der Waals surface area contributed by atoms with Crippen molar-refractivity contribution < 1.29 is 5.11 Å². The first kappa shape index (κ1) is 5.64. The molecule has 2 aliphatic carbocycles. The van der Waals surface area contributed by atoms with Gasteiger partial charge in [-0.2, -0.15) is 0 Å². The molecule has 2 aliphatic rings. The van der Waals surface area contributed by atoms with E-state index >= 15 is 0 Å². The largest absolute Gasteiger partial charge is 0.508 e. The van der Waals surface area contributed by atoms with Gasteiger partial charge in [-0.15, -0.1) is 0 Å². The summed E-state index contributed by atoms with van der Waals surface area (Å²) in [5, 5.41) is 9.53. The minimum absolute atomic E-state index is 0.521. The lowest BCUT2D eigenvalue weighted by Gasteiger charge is -2.03. The van der Waals surface area contributed by atoms with Gasteiger partial charge in [0.25, 0.3) is 0 Å². The average Bonchev–Trinajstić information content (AvgIpc) is 2.62. The number of phenols is 1. The third-order valence-corrected chi connectivity index (χ3v) is 2.95. The Morgan fingerprint density at radius 3 is 3.09 bits per heavy atom. The average molecular weight is 146 g/mol. The van der Waals surface area contributed by atoms with Gasteiger partial charge in [-0.25, -0.2) is 0 Å². The van der Waals surface area contributed by atoms with Crippen molar-refractivity contribution in [1.29, 1.82) is 0 Å². The molecule has 3 rings (SSSR count). The molecule has 1 heteroatoms. The molecule has 11 heavy (non-hydrogen) atoms. The summed E-state index contributed by atoms with van der Waals surface area (Å²) in [7, 11) is 0. The van der Waals surface area contributed by atoms with Crippen LogP contribution in [-0.2, 0) is 6.42 Å². The molecule has 0 saturated heterocycles. The van der Waals surface area contributed by atoms with Gasteiger partial charge in [0.1, 0.15) is 5.75 Å². The Hall–Kier alpha value is -0.980. The Morgan fingerprint density at radius 1 is 1.36 bits per heavy atom. The van der Waals surface area contributed by atoms with Gasteiger partial charge < -0.3 is 5.11 Å². The lowest BCUT2D eigenvalue weighted by atomic mass is 10.1. The molecule has 0 spiro atoms. The van der Waals surface area contributed by atoms with Crippen molar-refractivity contribution in [2.75, 3.05) is 0 Å². The summed E-state index contributed by atoms with van der Waals surface area (Å²) < 4.78 is 0. The van der Waals surface area contributed by atoms with Gasteiger partial charge in [0, 0.05) is 5.56 Å². The summed E-state index contributed by atoms with van der Waals surface area (Å²) in [4.78, 5) is 0. The number of hydrogen-bond acceptors (Lipinski definition) is 1. The number of hydrogen-bond donors (Lipinski definition) is 1. The Kier molecular flexibility index (Phi) is 0.823. The molecule has 2 unspecified atom stereocenters. The van der Waals surface area contributed by atoms with Gasteiger partial charge in [-0.3, -0.25) is 0 Å². The van der Waals surface area contributed by atoms with E-state index in [2.05, 4.69) is 6.07 Å². The van der Waals surface area contributed by atoms with Crippen LogP contribution in [0.4, 0.5) is 0 Å². The van der Waals surface area contributed by atoms with Crippen LogP contribution >= 0.6 is 0 Å². The highest BCUT2D eigenvalue weighted by Crippen LogP contribution is 2.58. The quantitative estimate of drug-likeness (QED) is 0.594. The molecule has 1 N–H and O–H groups in total. The molecule has 1 fully saturated rings. The second-order valence-corrected chi connectivity index (χ2v) is 3.66. The summed E-state index contributed by atoms with van der Waals surface area (Å²) in [6.45, 7) is 0. The molecular weight excluding hydrogens is 136 g/mol. The molecule has 0 heterocycles. The van der Waals surface area contributed by atoms with Gasteiger partial charge in [0.05, 0.1) is 0 Å². The Labute approximate surface area is 65.7 Å². The summed E-state index contributed by atoms with van der Waals surface area (Å²) in [6.07, 6.45) is 2.51.